The maximum absolute atomic E-state index is 15.0. The van der Waals surface area contributed by atoms with Crippen molar-refractivity contribution in [2.75, 3.05) is 13.1 Å². The van der Waals surface area contributed by atoms with Gasteiger partial charge >= 0.3 is 6.09 Å². The summed E-state index contributed by atoms with van der Waals surface area (Å²) < 4.78 is 32.6. The van der Waals surface area contributed by atoms with E-state index in [-0.39, 0.29) is 35.4 Å². The van der Waals surface area contributed by atoms with Crippen molar-refractivity contribution in [2.45, 2.75) is 90.8 Å². The number of hydrogen-bond acceptors (Lipinski definition) is 4. The Morgan fingerprint density at radius 3 is 2.27 bits per heavy atom. The zero-order valence-corrected chi connectivity index (χ0v) is 20.8. The molecular formula is C23H38FNO4Si. The van der Waals surface area contributed by atoms with E-state index in [0.717, 1.165) is 0 Å². The summed E-state index contributed by atoms with van der Waals surface area (Å²) in [5, 5.41) is 0.0691. The molecule has 0 unspecified atom stereocenters. The van der Waals surface area contributed by atoms with E-state index in [1.165, 1.54) is 0 Å². The molecule has 1 aliphatic heterocycles. The highest BCUT2D eigenvalue weighted by Gasteiger charge is 2.37. The van der Waals surface area contributed by atoms with Crippen LogP contribution in [0.5, 0.6) is 5.75 Å². The molecule has 1 saturated heterocycles. The fourth-order valence-corrected chi connectivity index (χ4v) is 3.85. The highest BCUT2D eigenvalue weighted by molar-refractivity contribution is 6.74. The second-order valence-corrected chi connectivity index (χ2v) is 15.4. The minimum atomic E-state index is -1.96. The molecule has 1 amide bonds. The molecule has 0 saturated carbocycles. The monoisotopic (exact) mass is 439 g/mol. The average molecular weight is 440 g/mol. The molecule has 0 atom stereocenters. The molecule has 1 aliphatic rings. The van der Waals surface area contributed by atoms with Crippen LogP contribution in [0.25, 0.3) is 0 Å². The SMILES string of the molecule is CC(C)(C)OC(=O)N1CCC(Oc2cccc(CO[Si](C)(C)C(C)(C)C)c2F)CC1. The molecule has 0 N–H and O–H groups in total. The van der Waals surface area contributed by atoms with E-state index < -0.39 is 13.9 Å². The van der Waals surface area contributed by atoms with Gasteiger partial charge < -0.3 is 18.8 Å². The normalized spacial score (nSPS) is 16.5. The van der Waals surface area contributed by atoms with E-state index in [1.807, 2.05) is 20.8 Å². The number of amides is 1. The first kappa shape index (κ1) is 24.7. The Bertz CT molecular complexity index is 732. The Labute approximate surface area is 182 Å². The molecule has 0 aromatic heterocycles. The van der Waals surface area contributed by atoms with Crippen LogP contribution in [0.3, 0.4) is 0 Å². The summed E-state index contributed by atoms with van der Waals surface area (Å²) in [5.41, 5.74) is 0.00374. The van der Waals surface area contributed by atoms with Gasteiger partial charge in [0.1, 0.15) is 11.7 Å². The Balaban J connectivity index is 1.94. The highest BCUT2D eigenvalue weighted by Crippen LogP contribution is 2.37. The molecule has 0 radical (unpaired) electrons. The van der Waals surface area contributed by atoms with Crippen molar-refractivity contribution in [1.82, 2.24) is 4.90 Å². The summed E-state index contributed by atoms with van der Waals surface area (Å²) in [6, 6.07) is 5.21. The van der Waals surface area contributed by atoms with Crippen molar-refractivity contribution in [3.8, 4) is 5.75 Å². The quantitative estimate of drug-likeness (QED) is 0.518. The largest absolute Gasteiger partial charge is 0.487 e. The van der Waals surface area contributed by atoms with Crippen molar-refractivity contribution >= 4 is 14.4 Å². The van der Waals surface area contributed by atoms with E-state index in [2.05, 4.69) is 33.9 Å². The Hall–Kier alpha value is -1.60. The number of rotatable bonds is 5. The number of piperidine rings is 1. The smallest absolute Gasteiger partial charge is 0.410 e. The standard InChI is InChI=1S/C23H38FNO4Si/c1-22(2,3)29-21(26)25-14-12-18(13-15-25)28-19-11-9-10-17(20(19)24)16-27-30(7,8)23(4,5)6/h9-11,18H,12-16H2,1-8H3. The van der Waals surface area contributed by atoms with Crippen LogP contribution in [-0.4, -0.2) is 44.1 Å². The van der Waals surface area contributed by atoms with E-state index in [0.29, 0.717) is 31.5 Å². The molecule has 0 aliphatic carbocycles. The molecular weight excluding hydrogens is 401 g/mol. The lowest BCUT2D eigenvalue weighted by Gasteiger charge is -2.36. The van der Waals surface area contributed by atoms with Crippen LogP contribution in [0.4, 0.5) is 9.18 Å². The Morgan fingerprint density at radius 1 is 1.13 bits per heavy atom. The first-order valence-electron chi connectivity index (χ1n) is 10.8. The second-order valence-electron chi connectivity index (χ2n) is 10.6. The van der Waals surface area contributed by atoms with Crippen LogP contribution in [0.2, 0.25) is 18.1 Å². The number of likely N-dealkylation sites (tertiary alicyclic amines) is 1. The number of ether oxygens (including phenoxy) is 2. The second kappa shape index (κ2) is 9.26. The van der Waals surface area contributed by atoms with Crippen molar-refractivity contribution in [3.05, 3.63) is 29.6 Å². The number of halogens is 1. The highest BCUT2D eigenvalue weighted by atomic mass is 28.4. The number of nitrogens with zero attached hydrogens (tertiary/aromatic N) is 1. The van der Waals surface area contributed by atoms with Crippen molar-refractivity contribution < 1.29 is 23.1 Å². The fraction of sp³-hybridized carbons (Fsp3) is 0.696. The third-order valence-corrected chi connectivity index (χ3v) is 10.3. The number of hydrogen-bond donors (Lipinski definition) is 0. The molecule has 0 spiro atoms. The van der Waals surface area contributed by atoms with Crippen molar-refractivity contribution in [1.29, 1.82) is 0 Å². The summed E-state index contributed by atoms with van der Waals surface area (Å²) in [6.07, 6.45) is 0.846. The van der Waals surface area contributed by atoms with Gasteiger partial charge in [0.2, 0.25) is 0 Å². The Kier molecular flexibility index (Phi) is 7.62. The minimum Gasteiger partial charge on any atom is -0.487 e. The molecule has 1 fully saturated rings. The maximum atomic E-state index is 15.0. The maximum Gasteiger partial charge on any atom is 0.410 e. The molecule has 1 aromatic carbocycles. The van der Waals surface area contributed by atoms with E-state index in [4.69, 9.17) is 13.9 Å². The van der Waals surface area contributed by atoms with Crippen molar-refractivity contribution in [2.24, 2.45) is 0 Å². The average Bonchev–Trinajstić information content (AvgIpc) is 2.60. The van der Waals surface area contributed by atoms with Gasteiger partial charge in [-0.15, -0.1) is 0 Å². The zero-order valence-electron chi connectivity index (χ0n) is 19.8. The topological polar surface area (TPSA) is 48.0 Å². The van der Waals surface area contributed by atoms with Crippen molar-refractivity contribution in [3.63, 3.8) is 0 Å². The van der Waals surface area contributed by atoms with Gasteiger partial charge in [0.25, 0.3) is 0 Å². The summed E-state index contributed by atoms with van der Waals surface area (Å²) in [6.45, 7) is 17.7. The van der Waals surface area contributed by atoms with Crippen LogP contribution in [0.15, 0.2) is 18.2 Å². The lowest BCUT2D eigenvalue weighted by atomic mass is 10.1. The van der Waals surface area contributed by atoms with E-state index >= 15 is 4.39 Å². The van der Waals surface area contributed by atoms with Crippen LogP contribution in [-0.2, 0) is 15.8 Å². The summed E-state index contributed by atoms with van der Waals surface area (Å²) in [4.78, 5) is 13.9. The lowest BCUT2D eigenvalue weighted by Crippen LogP contribution is -2.44. The first-order chi connectivity index (χ1) is 13.7. The third-order valence-electron chi connectivity index (χ3n) is 5.83. The van der Waals surface area contributed by atoms with Gasteiger partial charge in [-0.25, -0.2) is 9.18 Å². The summed E-state index contributed by atoms with van der Waals surface area (Å²) in [5.74, 6) is -0.104. The van der Waals surface area contributed by atoms with Gasteiger partial charge in [-0.3, -0.25) is 0 Å². The molecule has 170 valence electrons. The molecule has 5 nitrogen and oxygen atoms in total. The minimum absolute atomic E-state index is 0.0691. The zero-order chi connectivity index (χ0) is 22.7. The predicted molar refractivity (Wildman–Crippen MR) is 120 cm³/mol. The van der Waals surface area contributed by atoms with Crippen LogP contribution in [0.1, 0.15) is 59.9 Å². The van der Waals surface area contributed by atoms with Crippen LogP contribution < -0.4 is 4.74 Å². The summed E-state index contributed by atoms with van der Waals surface area (Å²) in [7, 11) is -1.96. The van der Waals surface area contributed by atoms with Crippen LogP contribution >= 0.6 is 0 Å². The fourth-order valence-electron chi connectivity index (χ4n) is 2.90. The Morgan fingerprint density at radius 2 is 1.73 bits per heavy atom. The molecule has 30 heavy (non-hydrogen) atoms. The van der Waals surface area contributed by atoms with Gasteiger partial charge in [-0.2, -0.15) is 0 Å². The number of carbonyl (C=O) groups is 1. The first-order valence-corrected chi connectivity index (χ1v) is 13.7. The van der Waals surface area contributed by atoms with Gasteiger partial charge in [-0.05, 0) is 45.0 Å². The van der Waals surface area contributed by atoms with Gasteiger partial charge in [0, 0.05) is 31.5 Å². The van der Waals surface area contributed by atoms with E-state index in [1.54, 1.807) is 23.1 Å². The van der Waals surface area contributed by atoms with Gasteiger partial charge in [0.15, 0.2) is 19.9 Å². The van der Waals surface area contributed by atoms with Gasteiger partial charge in [-0.1, -0.05) is 32.9 Å². The lowest BCUT2D eigenvalue weighted by molar-refractivity contribution is 0.0123. The number of carbonyl (C=O) groups excluding carboxylic acids is 1. The van der Waals surface area contributed by atoms with Gasteiger partial charge in [0.05, 0.1) is 6.61 Å². The predicted octanol–water partition coefficient (Wildman–Crippen LogP) is 6.13. The summed E-state index contributed by atoms with van der Waals surface area (Å²) >= 11 is 0. The molecule has 0 bridgehead atoms. The van der Waals surface area contributed by atoms with Crippen LogP contribution in [0, 0.1) is 5.82 Å². The molecule has 1 heterocycles. The number of benzene rings is 1. The molecule has 2 rings (SSSR count). The third kappa shape index (κ3) is 6.70. The molecule has 1 aromatic rings. The molecule has 7 heteroatoms. The van der Waals surface area contributed by atoms with E-state index in [9.17, 15) is 4.79 Å².